The van der Waals surface area contributed by atoms with E-state index in [9.17, 15) is 9.90 Å². The number of hydrogen-bond acceptors (Lipinski definition) is 5. The quantitative estimate of drug-likeness (QED) is 0.344. The summed E-state index contributed by atoms with van der Waals surface area (Å²) in [7, 11) is 1.65. The highest BCUT2D eigenvalue weighted by Gasteiger charge is 2.20. The van der Waals surface area contributed by atoms with Crippen LogP contribution in [0.15, 0.2) is 76.8 Å². The fourth-order valence-electron chi connectivity index (χ4n) is 4.31. The Bertz CT molecular complexity index is 1370. The number of benzene rings is 2. The number of nitrogens with zero attached hydrogens (tertiary/aromatic N) is 2. The van der Waals surface area contributed by atoms with E-state index in [1.165, 1.54) is 6.20 Å². The summed E-state index contributed by atoms with van der Waals surface area (Å²) in [5.41, 5.74) is 3.61. The zero-order chi connectivity index (χ0) is 24.2. The fourth-order valence-corrected chi connectivity index (χ4v) is 5.29. The zero-order valence-electron chi connectivity index (χ0n) is 19.5. The summed E-state index contributed by atoms with van der Waals surface area (Å²) in [4.78, 5) is 18.6. The van der Waals surface area contributed by atoms with Gasteiger partial charge in [-0.2, -0.15) is 0 Å². The molecule has 5 rings (SSSR count). The first kappa shape index (κ1) is 23.2. The van der Waals surface area contributed by atoms with Crippen LogP contribution in [0, 0.1) is 0 Å². The van der Waals surface area contributed by atoms with Crippen molar-refractivity contribution in [3.63, 3.8) is 0 Å². The summed E-state index contributed by atoms with van der Waals surface area (Å²) in [6, 6.07) is 17.5. The second-order valence-corrected chi connectivity index (χ2v) is 9.56. The number of hydrogen-bond donors (Lipinski definition) is 2. The maximum atomic E-state index is 12.3. The van der Waals surface area contributed by atoms with Crippen molar-refractivity contribution in [3.8, 4) is 5.75 Å². The van der Waals surface area contributed by atoms with Crippen molar-refractivity contribution in [2.75, 3.05) is 13.7 Å². The van der Waals surface area contributed by atoms with E-state index in [0.717, 1.165) is 57.8 Å². The molecule has 35 heavy (non-hydrogen) atoms. The molecule has 1 aliphatic heterocycles. The second-order valence-electron chi connectivity index (χ2n) is 8.44. The van der Waals surface area contributed by atoms with Crippen molar-refractivity contribution in [2.45, 2.75) is 35.3 Å². The molecule has 1 aliphatic rings. The van der Waals surface area contributed by atoms with Crippen molar-refractivity contribution in [1.82, 2.24) is 14.9 Å². The van der Waals surface area contributed by atoms with Gasteiger partial charge in [0, 0.05) is 40.6 Å². The number of ether oxygens (including phenoxy) is 1. The highest BCUT2D eigenvalue weighted by molar-refractivity contribution is 7.99. The van der Waals surface area contributed by atoms with Gasteiger partial charge in [0.1, 0.15) is 12.0 Å². The van der Waals surface area contributed by atoms with Gasteiger partial charge in [0.05, 0.1) is 23.0 Å². The lowest BCUT2D eigenvalue weighted by atomic mass is 10.1. The van der Waals surface area contributed by atoms with Crippen LogP contribution in [-0.2, 0) is 4.74 Å². The summed E-state index contributed by atoms with van der Waals surface area (Å²) < 4.78 is 8.35. The first-order valence-electron chi connectivity index (χ1n) is 11.7. The molecule has 1 fully saturated rings. The predicted octanol–water partition coefficient (Wildman–Crippen LogP) is 6.12. The zero-order valence-corrected chi connectivity index (χ0v) is 20.3. The average Bonchev–Trinajstić information content (AvgIpc) is 3.26. The number of pyridine rings is 1. The van der Waals surface area contributed by atoms with E-state index in [2.05, 4.69) is 45.3 Å². The summed E-state index contributed by atoms with van der Waals surface area (Å²) in [5.74, 6) is 0.0552. The first-order valence-corrected chi connectivity index (χ1v) is 12.5. The van der Waals surface area contributed by atoms with Crippen molar-refractivity contribution in [1.29, 1.82) is 0 Å². The smallest absolute Gasteiger partial charge is 0.252 e. The van der Waals surface area contributed by atoms with Crippen LogP contribution in [0.3, 0.4) is 0 Å². The molecule has 6 nitrogen and oxygen atoms in total. The number of nitrogens with one attached hydrogen (secondary N) is 1. The third-order valence-corrected chi connectivity index (χ3v) is 7.16. The van der Waals surface area contributed by atoms with E-state index in [1.54, 1.807) is 30.9 Å². The summed E-state index contributed by atoms with van der Waals surface area (Å²) >= 11 is 1.58. The molecule has 0 aliphatic carbocycles. The highest BCUT2D eigenvalue weighted by Crippen LogP contribution is 2.36. The van der Waals surface area contributed by atoms with Gasteiger partial charge in [0.15, 0.2) is 0 Å². The number of aromatic nitrogens is 2. The van der Waals surface area contributed by atoms with Crippen molar-refractivity contribution >= 4 is 40.7 Å². The SMILES string of the molecule is CNC(=O)c1ccccc1Sc1ccc2c(/C=C/c3ccc(O)cn3)cn(C3CCCCO3)c2c1. The van der Waals surface area contributed by atoms with Crippen LogP contribution in [0.1, 0.15) is 47.1 Å². The minimum Gasteiger partial charge on any atom is -0.506 e. The Morgan fingerprint density at radius 3 is 2.83 bits per heavy atom. The Labute approximate surface area is 208 Å². The normalized spacial score (nSPS) is 16.1. The van der Waals surface area contributed by atoms with Gasteiger partial charge in [0.2, 0.25) is 0 Å². The van der Waals surface area contributed by atoms with Crippen LogP contribution in [0.4, 0.5) is 0 Å². The molecule has 2 aromatic carbocycles. The summed E-state index contributed by atoms with van der Waals surface area (Å²) in [6.07, 6.45) is 10.8. The first-order chi connectivity index (χ1) is 17.1. The van der Waals surface area contributed by atoms with Gasteiger partial charge in [-0.25, -0.2) is 0 Å². The van der Waals surface area contributed by atoms with Crippen LogP contribution >= 0.6 is 11.8 Å². The van der Waals surface area contributed by atoms with Crippen LogP contribution in [0.5, 0.6) is 5.75 Å². The van der Waals surface area contributed by atoms with Gasteiger partial charge < -0.3 is 19.7 Å². The van der Waals surface area contributed by atoms with E-state index in [4.69, 9.17) is 4.74 Å². The monoisotopic (exact) mass is 485 g/mol. The lowest BCUT2D eigenvalue weighted by molar-refractivity contribution is -0.0292. The molecule has 1 saturated heterocycles. The number of carbonyl (C=O) groups is 1. The second kappa shape index (κ2) is 10.4. The van der Waals surface area contributed by atoms with E-state index in [0.29, 0.717) is 5.56 Å². The summed E-state index contributed by atoms with van der Waals surface area (Å²) in [5, 5.41) is 13.3. The molecule has 3 heterocycles. The van der Waals surface area contributed by atoms with Crippen molar-refractivity contribution in [3.05, 3.63) is 83.8 Å². The number of amides is 1. The molecule has 2 N–H and O–H groups in total. The van der Waals surface area contributed by atoms with E-state index in [-0.39, 0.29) is 17.9 Å². The Kier molecular flexibility index (Phi) is 6.88. The minimum atomic E-state index is -0.0941. The lowest BCUT2D eigenvalue weighted by Crippen LogP contribution is -2.18. The lowest BCUT2D eigenvalue weighted by Gasteiger charge is -2.25. The van der Waals surface area contributed by atoms with Gasteiger partial charge in [-0.3, -0.25) is 9.78 Å². The largest absolute Gasteiger partial charge is 0.506 e. The molecule has 2 aromatic heterocycles. The van der Waals surface area contributed by atoms with Crippen LogP contribution in [0.2, 0.25) is 0 Å². The van der Waals surface area contributed by atoms with E-state index >= 15 is 0 Å². The molecule has 4 aromatic rings. The van der Waals surface area contributed by atoms with Gasteiger partial charge >= 0.3 is 0 Å². The Hall–Kier alpha value is -3.55. The summed E-state index contributed by atoms with van der Waals surface area (Å²) in [6.45, 7) is 0.765. The highest BCUT2D eigenvalue weighted by atomic mass is 32.2. The molecular weight excluding hydrogens is 458 g/mol. The number of carbonyl (C=O) groups excluding carboxylic acids is 1. The molecule has 0 bridgehead atoms. The van der Waals surface area contributed by atoms with Crippen molar-refractivity contribution < 1.29 is 14.6 Å². The van der Waals surface area contributed by atoms with Crippen LogP contribution in [-0.4, -0.2) is 34.2 Å². The molecule has 0 saturated carbocycles. The van der Waals surface area contributed by atoms with Crippen LogP contribution < -0.4 is 5.32 Å². The maximum absolute atomic E-state index is 12.3. The van der Waals surface area contributed by atoms with Crippen molar-refractivity contribution in [2.24, 2.45) is 0 Å². The molecule has 7 heteroatoms. The Morgan fingerprint density at radius 2 is 2.06 bits per heavy atom. The average molecular weight is 486 g/mol. The molecule has 1 amide bonds. The fraction of sp³-hybridized carbons (Fsp3) is 0.214. The van der Waals surface area contributed by atoms with Gasteiger partial charge in [-0.15, -0.1) is 0 Å². The van der Waals surface area contributed by atoms with Gasteiger partial charge in [-0.05, 0) is 61.7 Å². The molecule has 1 atom stereocenters. The number of fused-ring (bicyclic) bond motifs is 1. The number of aromatic hydroxyl groups is 1. The molecule has 0 radical (unpaired) electrons. The van der Waals surface area contributed by atoms with Gasteiger partial charge in [0.25, 0.3) is 5.91 Å². The molecular formula is C28H27N3O3S. The standard InChI is InChI=1S/C28H27N3O3S/c1-29-28(33)24-6-2-3-7-26(24)35-22-13-14-23-19(9-10-20-11-12-21(32)17-30-20)18-31(25(23)16-22)27-8-4-5-15-34-27/h2-3,6-7,9-14,16-18,27,32H,4-5,8,15H2,1H3,(H,29,33)/b10-9+. The van der Waals surface area contributed by atoms with Gasteiger partial charge in [-0.1, -0.05) is 36.0 Å². The molecule has 0 spiro atoms. The topological polar surface area (TPSA) is 76.4 Å². The predicted molar refractivity (Wildman–Crippen MR) is 140 cm³/mol. The molecule has 1 unspecified atom stereocenters. The third-order valence-electron chi connectivity index (χ3n) is 6.09. The number of rotatable bonds is 6. The minimum absolute atomic E-state index is 0.00129. The Balaban J connectivity index is 1.53. The van der Waals surface area contributed by atoms with E-state index < -0.39 is 0 Å². The third kappa shape index (κ3) is 5.11. The van der Waals surface area contributed by atoms with E-state index in [1.807, 2.05) is 30.3 Å². The Morgan fingerprint density at radius 1 is 1.17 bits per heavy atom. The maximum Gasteiger partial charge on any atom is 0.252 e. The molecule has 178 valence electrons. The van der Waals surface area contributed by atoms with Crippen LogP contribution in [0.25, 0.3) is 23.1 Å².